The molecule has 2 amide bonds. The van der Waals surface area contributed by atoms with E-state index in [2.05, 4.69) is 10.5 Å². The number of anilines is 1. The first kappa shape index (κ1) is 15.9. The molecule has 1 aromatic rings. The van der Waals surface area contributed by atoms with Crippen LogP contribution in [0.4, 0.5) is 10.6 Å². The number of hydrogen-bond acceptors (Lipinski definition) is 4. The van der Waals surface area contributed by atoms with Crippen molar-refractivity contribution >= 4 is 23.6 Å². The fourth-order valence-electron chi connectivity index (χ4n) is 1.44. The van der Waals surface area contributed by atoms with E-state index in [1.165, 1.54) is 0 Å². The van der Waals surface area contributed by atoms with Crippen LogP contribution in [0.5, 0.6) is 0 Å². The quantitative estimate of drug-likeness (QED) is 0.923. The van der Waals surface area contributed by atoms with Crippen molar-refractivity contribution in [1.29, 1.82) is 0 Å². The van der Waals surface area contributed by atoms with Gasteiger partial charge in [-0.15, -0.1) is 0 Å². The van der Waals surface area contributed by atoms with E-state index in [1.807, 2.05) is 34.0 Å². The predicted octanol–water partition coefficient (Wildman–Crippen LogP) is 3.19. The van der Waals surface area contributed by atoms with Gasteiger partial charge in [0.15, 0.2) is 5.82 Å². The van der Waals surface area contributed by atoms with Crippen LogP contribution in [-0.2, 0) is 5.41 Å². The third-order valence-corrected chi connectivity index (χ3v) is 3.69. The third-order valence-electron chi connectivity index (χ3n) is 2.87. The number of rotatable bonds is 4. The molecule has 108 valence electrons. The Labute approximate surface area is 119 Å². The van der Waals surface area contributed by atoms with Gasteiger partial charge in [0.05, 0.1) is 0 Å². The van der Waals surface area contributed by atoms with Gasteiger partial charge in [-0.05, 0) is 13.2 Å². The number of nitrogens with one attached hydrogen (secondary N) is 1. The van der Waals surface area contributed by atoms with Crippen molar-refractivity contribution < 1.29 is 9.32 Å². The van der Waals surface area contributed by atoms with Gasteiger partial charge in [-0.1, -0.05) is 25.9 Å². The van der Waals surface area contributed by atoms with Crippen molar-refractivity contribution in [3.05, 3.63) is 11.8 Å². The largest absolute Gasteiger partial charge is 0.359 e. The Morgan fingerprint density at radius 3 is 2.68 bits per heavy atom. The number of amides is 2. The minimum atomic E-state index is -0.171. The van der Waals surface area contributed by atoms with Crippen molar-refractivity contribution in [1.82, 2.24) is 10.1 Å². The Balaban J connectivity index is 2.64. The molecule has 0 spiro atoms. The number of nitrogens with zero attached hydrogens (tertiary/aromatic N) is 2. The Morgan fingerprint density at radius 2 is 2.21 bits per heavy atom. The lowest BCUT2D eigenvalue weighted by atomic mass is 9.93. The minimum Gasteiger partial charge on any atom is -0.359 e. The molecule has 5 nitrogen and oxygen atoms in total. The molecule has 1 aromatic heterocycles. The highest BCUT2D eigenvalue weighted by Crippen LogP contribution is 2.24. The molecule has 1 N–H and O–H groups in total. The van der Waals surface area contributed by atoms with Crippen LogP contribution in [0.2, 0.25) is 0 Å². The molecule has 0 fully saturated rings. The zero-order valence-corrected chi connectivity index (χ0v) is 13.3. The molecule has 1 atom stereocenters. The van der Waals surface area contributed by atoms with E-state index in [4.69, 9.17) is 4.52 Å². The Kier molecular flexibility index (Phi) is 5.29. The fourth-order valence-corrected chi connectivity index (χ4v) is 2.14. The lowest BCUT2D eigenvalue weighted by Gasteiger charge is -2.23. The van der Waals surface area contributed by atoms with Gasteiger partial charge in [0.2, 0.25) is 0 Å². The number of hydrogen-bond donors (Lipinski definition) is 1. The minimum absolute atomic E-state index is 0.117. The summed E-state index contributed by atoms with van der Waals surface area (Å²) in [5.74, 6) is 2.11. The molecular formula is C13H23N3O2S. The van der Waals surface area contributed by atoms with Gasteiger partial charge in [0.1, 0.15) is 5.76 Å². The van der Waals surface area contributed by atoms with E-state index in [0.29, 0.717) is 5.82 Å². The maximum Gasteiger partial charge on any atom is 0.323 e. The van der Waals surface area contributed by atoms with Crippen LogP contribution in [0.25, 0.3) is 0 Å². The summed E-state index contributed by atoms with van der Waals surface area (Å²) in [6, 6.07) is 1.77. The third kappa shape index (κ3) is 4.45. The summed E-state index contributed by atoms with van der Waals surface area (Å²) in [7, 11) is 1.78. The van der Waals surface area contributed by atoms with Crippen molar-refractivity contribution in [2.45, 2.75) is 39.2 Å². The molecule has 0 radical (unpaired) electrons. The maximum atomic E-state index is 12.0. The first-order valence-electron chi connectivity index (χ1n) is 6.25. The van der Waals surface area contributed by atoms with Crippen LogP contribution in [0.3, 0.4) is 0 Å². The van der Waals surface area contributed by atoms with Gasteiger partial charge in [-0.25, -0.2) is 4.79 Å². The number of urea groups is 1. The van der Waals surface area contributed by atoms with E-state index < -0.39 is 0 Å². The normalized spacial score (nSPS) is 13.2. The fraction of sp³-hybridized carbons (Fsp3) is 0.692. The highest BCUT2D eigenvalue weighted by molar-refractivity contribution is 7.98. The first-order chi connectivity index (χ1) is 8.75. The van der Waals surface area contributed by atoms with Gasteiger partial charge < -0.3 is 9.42 Å². The summed E-state index contributed by atoms with van der Waals surface area (Å²) in [5, 5.41) is 6.62. The van der Waals surface area contributed by atoms with Gasteiger partial charge >= 0.3 is 6.03 Å². The number of aromatic nitrogens is 1. The zero-order chi connectivity index (χ0) is 14.6. The molecule has 0 bridgehead atoms. The molecule has 1 heterocycles. The first-order valence-corrected chi connectivity index (χ1v) is 7.65. The number of thioether (sulfide) groups is 1. The molecule has 0 aliphatic heterocycles. The molecule has 0 aliphatic carbocycles. The molecule has 0 aromatic carbocycles. The second-order valence-corrected chi connectivity index (χ2v) is 6.58. The smallest absolute Gasteiger partial charge is 0.323 e. The number of carbonyl (C=O) groups is 1. The highest BCUT2D eigenvalue weighted by Gasteiger charge is 2.21. The van der Waals surface area contributed by atoms with Gasteiger partial charge in [0, 0.05) is 30.3 Å². The predicted molar refractivity (Wildman–Crippen MR) is 79.8 cm³/mol. The van der Waals surface area contributed by atoms with E-state index in [0.717, 1.165) is 11.5 Å². The molecule has 1 unspecified atom stereocenters. The Hall–Kier alpha value is -1.17. The van der Waals surface area contributed by atoms with Crippen LogP contribution >= 0.6 is 11.8 Å². The monoisotopic (exact) mass is 285 g/mol. The summed E-state index contributed by atoms with van der Waals surface area (Å²) < 4.78 is 5.23. The molecular weight excluding hydrogens is 262 g/mol. The van der Waals surface area contributed by atoms with Gasteiger partial charge in [-0.2, -0.15) is 11.8 Å². The molecule has 0 saturated carbocycles. The van der Waals surface area contributed by atoms with Crippen LogP contribution in [-0.4, -0.2) is 41.2 Å². The van der Waals surface area contributed by atoms with E-state index >= 15 is 0 Å². The molecule has 19 heavy (non-hydrogen) atoms. The van der Waals surface area contributed by atoms with Crippen LogP contribution in [0, 0.1) is 0 Å². The lowest BCUT2D eigenvalue weighted by molar-refractivity contribution is 0.212. The van der Waals surface area contributed by atoms with Crippen molar-refractivity contribution in [2.75, 3.05) is 24.4 Å². The average molecular weight is 285 g/mol. The van der Waals surface area contributed by atoms with E-state index in [9.17, 15) is 4.79 Å². The highest BCUT2D eigenvalue weighted by atomic mass is 32.2. The van der Waals surface area contributed by atoms with Gasteiger partial charge in [-0.3, -0.25) is 5.32 Å². The molecule has 0 saturated heterocycles. The average Bonchev–Trinajstić information content (AvgIpc) is 2.76. The Bertz CT molecular complexity index is 426. The molecule has 6 heteroatoms. The van der Waals surface area contributed by atoms with Crippen LogP contribution in [0.15, 0.2) is 10.6 Å². The van der Waals surface area contributed by atoms with E-state index in [-0.39, 0.29) is 17.5 Å². The molecule has 0 aliphatic rings. The van der Waals surface area contributed by atoms with Crippen LogP contribution < -0.4 is 5.32 Å². The molecule has 1 rings (SSSR count). The van der Waals surface area contributed by atoms with E-state index in [1.54, 1.807) is 29.8 Å². The topological polar surface area (TPSA) is 58.4 Å². The second kappa shape index (κ2) is 6.32. The van der Waals surface area contributed by atoms with Gasteiger partial charge in [0.25, 0.3) is 0 Å². The second-order valence-electron chi connectivity index (χ2n) is 5.67. The maximum absolute atomic E-state index is 12.0. The summed E-state index contributed by atoms with van der Waals surface area (Å²) in [5.41, 5.74) is -0.117. The zero-order valence-electron chi connectivity index (χ0n) is 12.5. The SMILES string of the molecule is CSCC(C)N(C)C(=O)Nc1cc(C(C)(C)C)on1. The van der Waals surface area contributed by atoms with Crippen molar-refractivity contribution in [2.24, 2.45) is 0 Å². The summed E-state index contributed by atoms with van der Waals surface area (Å²) in [6.07, 6.45) is 2.02. The summed E-state index contributed by atoms with van der Waals surface area (Å²) in [4.78, 5) is 13.7. The summed E-state index contributed by atoms with van der Waals surface area (Å²) >= 11 is 1.71. The van der Waals surface area contributed by atoms with Crippen LogP contribution in [0.1, 0.15) is 33.5 Å². The van der Waals surface area contributed by atoms with Crippen molar-refractivity contribution in [3.63, 3.8) is 0 Å². The Morgan fingerprint density at radius 1 is 1.58 bits per heavy atom. The standard InChI is InChI=1S/C13H23N3O2S/c1-9(8-19-6)16(5)12(17)14-11-7-10(18-15-11)13(2,3)4/h7,9H,8H2,1-6H3,(H,14,15,17). The lowest BCUT2D eigenvalue weighted by Crippen LogP contribution is -2.39. The van der Waals surface area contributed by atoms with Crippen molar-refractivity contribution in [3.8, 4) is 0 Å². The number of carbonyl (C=O) groups excluding carboxylic acids is 1. The summed E-state index contributed by atoms with van der Waals surface area (Å²) in [6.45, 7) is 8.11.